The zero-order valence-electron chi connectivity index (χ0n) is 11.6. The van der Waals surface area contributed by atoms with Crippen LogP contribution in [0.15, 0.2) is 24.3 Å². The summed E-state index contributed by atoms with van der Waals surface area (Å²) in [5.41, 5.74) is 0.598. The van der Waals surface area contributed by atoms with Crippen LogP contribution >= 0.6 is 0 Å². The summed E-state index contributed by atoms with van der Waals surface area (Å²) in [7, 11) is 1.59. The highest BCUT2D eigenvalue weighted by Crippen LogP contribution is 2.54. The number of benzene rings is 1. The Labute approximate surface area is 118 Å². The van der Waals surface area contributed by atoms with E-state index in [-0.39, 0.29) is 24.2 Å². The fourth-order valence-electron chi connectivity index (χ4n) is 2.74. The minimum absolute atomic E-state index is 0.0451. The number of carbonyl (C=O) groups is 2. The lowest BCUT2D eigenvalue weighted by Gasteiger charge is -2.05. The highest BCUT2D eigenvalue weighted by molar-refractivity contribution is 5.99. The minimum atomic E-state index is -0.0652. The summed E-state index contributed by atoms with van der Waals surface area (Å²) in [5.74, 6) is 2.23. The molecule has 2 aliphatic carbocycles. The van der Waals surface area contributed by atoms with Gasteiger partial charge in [0, 0.05) is 11.5 Å². The predicted octanol–water partition coefficient (Wildman–Crippen LogP) is 2.04. The standard InChI is InChI=1S/C16H19NO3/c1-20-12-6-4-11(5-7-12)15(18)9-17-16(19)14-8-13(14)10-2-3-10/h4-7,10,13-14H,2-3,8-9H2,1H3,(H,17,19)/t13-,14+/m0/s1. The molecule has 0 radical (unpaired) electrons. The fourth-order valence-corrected chi connectivity index (χ4v) is 2.74. The summed E-state index contributed by atoms with van der Waals surface area (Å²) in [5, 5.41) is 2.76. The van der Waals surface area contributed by atoms with Gasteiger partial charge in [0.2, 0.25) is 5.91 Å². The monoisotopic (exact) mass is 273 g/mol. The first kappa shape index (κ1) is 13.2. The van der Waals surface area contributed by atoms with E-state index in [4.69, 9.17) is 4.74 Å². The van der Waals surface area contributed by atoms with Gasteiger partial charge in [-0.15, -0.1) is 0 Å². The lowest BCUT2D eigenvalue weighted by molar-refractivity contribution is -0.122. The molecule has 2 saturated carbocycles. The van der Waals surface area contributed by atoms with E-state index < -0.39 is 0 Å². The van der Waals surface area contributed by atoms with E-state index in [1.54, 1.807) is 31.4 Å². The van der Waals surface area contributed by atoms with Gasteiger partial charge in [0.1, 0.15) is 5.75 Å². The minimum Gasteiger partial charge on any atom is -0.497 e. The Hall–Kier alpha value is -1.84. The van der Waals surface area contributed by atoms with Crippen molar-refractivity contribution in [3.63, 3.8) is 0 Å². The van der Waals surface area contributed by atoms with Crippen molar-refractivity contribution in [3.05, 3.63) is 29.8 Å². The first-order valence-corrected chi connectivity index (χ1v) is 7.14. The Morgan fingerprint density at radius 2 is 1.95 bits per heavy atom. The van der Waals surface area contributed by atoms with Crippen molar-refractivity contribution in [1.82, 2.24) is 5.32 Å². The van der Waals surface area contributed by atoms with E-state index in [0.717, 1.165) is 18.1 Å². The van der Waals surface area contributed by atoms with Gasteiger partial charge < -0.3 is 10.1 Å². The molecule has 0 aliphatic heterocycles. The molecule has 20 heavy (non-hydrogen) atoms. The van der Waals surface area contributed by atoms with Gasteiger partial charge in [-0.1, -0.05) is 0 Å². The van der Waals surface area contributed by atoms with E-state index in [1.807, 2.05) is 0 Å². The van der Waals surface area contributed by atoms with Crippen LogP contribution in [0, 0.1) is 17.8 Å². The third-order valence-corrected chi connectivity index (χ3v) is 4.24. The second kappa shape index (κ2) is 5.27. The Kier molecular flexibility index (Phi) is 3.47. The van der Waals surface area contributed by atoms with Gasteiger partial charge in [-0.05, 0) is 55.4 Å². The first-order valence-electron chi connectivity index (χ1n) is 7.14. The molecule has 0 unspecified atom stereocenters. The van der Waals surface area contributed by atoms with Crippen molar-refractivity contribution in [2.24, 2.45) is 17.8 Å². The molecule has 0 saturated heterocycles. The first-order chi connectivity index (χ1) is 9.69. The normalized spacial score (nSPS) is 24.1. The molecule has 2 atom stereocenters. The lowest BCUT2D eigenvalue weighted by Crippen LogP contribution is -2.31. The number of hydrogen-bond acceptors (Lipinski definition) is 3. The third-order valence-electron chi connectivity index (χ3n) is 4.24. The van der Waals surface area contributed by atoms with Crippen LogP contribution in [-0.2, 0) is 4.79 Å². The molecule has 4 nitrogen and oxygen atoms in total. The average Bonchev–Trinajstić information content (AvgIpc) is 3.35. The van der Waals surface area contributed by atoms with E-state index in [1.165, 1.54) is 12.8 Å². The van der Waals surface area contributed by atoms with Crippen LogP contribution in [0.3, 0.4) is 0 Å². The maximum atomic E-state index is 12.0. The Balaban J connectivity index is 1.47. The highest BCUT2D eigenvalue weighted by atomic mass is 16.5. The van der Waals surface area contributed by atoms with Crippen LogP contribution in [-0.4, -0.2) is 25.3 Å². The van der Waals surface area contributed by atoms with Crippen LogP contribution < -0.4 is 10.1 Å². The summed E-state index contributed by atoms with van der Waals surface area (Å²) in [6.07, 6.45) is 3.56. The average molecular weight is 273 g/mol. The SMILES string of the molecule is COc1ccc(C(=O)CNC(=O)[C@@H]2C[C@H]2C2CC2)cc1. The molecular formula is C16H19NO3. The van der Waals surface area contributed by atoms with Gasteiger partial charge in [0.05, 0.1) is 13.7 Å². The molecule has 0 aromatic heterocycles. The topological polar surface area (TPSA) is 55.4 Å². The molecule has 3 rings (SSSR count). The van der Waals surface area contributed by atoms with E-state index >= 15 is 0 Å². The number of hydrogen-bond donors (Lipinski definition) is 1. The number of ether oxygens (including phenoxy) is 1. The number of nitrogens with one attached hydrogen (secondary N) is 1. The number of amides is 1. The number of rotatable bonds is 6. The van der Waals surface area contributed by atoms with E-state index in [0.29, 0.717) is 11.5 Å². The molecule has 1 aromatic rings. The molecular weight excluding hydrogens is 254 g/mol. The van der Waals surface area contributed by atoms with Crippen LogP contribution in [0.1, 0.15) is 29.6 Å². The summed E-state index contributed by atoms with van der Waals surface area (Å²) >= 11 is 0. The molecule has 0 bridgehead atoms. The lowest BCUT2D eigenvalue weighted by atomic mass is 10.1. The van der Waals surface area contributed by atoms with Crippen molar-refractivity contribution in [3.8, 4) is 5.75 Å². The largest absolute Gasteiger partial charge is 0.497 e. The molecule has 4 heteroatoms. The molecule has 0 spiro atoms. The van der Waals surface area contributed by atoms with Gasteiger partial charge in [0.15, 0.2) is 5.78 Å². The fraction of sp³-hybridized carbons (Fsp3) is 0.500. The van der Waals surface area contributed by atoms with Crippen molar-refractivity contribution in [2.75, 3.05) is 13.7 Å². The second-order valence-electron chi connectivity index (χ2n) is 5.71. The van der Waals surface area contributed by atoms with Crippen molar-refractivity contribution in [2.45, 2.75) is 19.3 Å². The molecule has 0 heterocycles. The maximum Gasteiger partial charge on any atom is 0.223 e. The Bertz CT molecular complexity index is 519. The molecule has 2 aliphatic rings. The molecule has 1 aromatic carbocycles. The van der Waals surface area contributed by atoms with Crippen LogP contribution in [0.4, 0.5) is 0 Å². The van der Waals surface area contributed by atoms with Crippen LogP contribution in [0.5, 0.6) is 5.75 Å². The van der Waals surface area contributed by atoms with Gasteiger partial charge in [0.25, 0.3) is 0 Å². The van der Waals surface area contributed by atoms with Gasteiger partial charge in [-0.2, -0.15) is 0 Å². The van der Waals surface area contributed by atoms with Crippen LogP contribution in [0.25, 0.3) is 0 Å². The quantitative estimate of drug-likeness (QED) is 0.807. The van der Waals surface area contributed by atoms with Crippen LogP contribution in [0.2, 0.25) is 0 Å². The van der Waals surface area contributed by atoms with Gasteiger partial charge in [-0.25, -0.2) is 0 Å². The smallest absolute Gasteiger partial charge is 0.223 e. The predicted molar refractivity (Wildman–Crippen MR) is 74.7 cm³/mol. The second-order valence-corrected chi connectivity index (χ2v) is 5.71. The molecule has 106 valence electrons. The highest BCUT2D eigenvalue weighted by Gasteiger charge is 2.50. The summed E-state index contributed by atoms with van der Waals surface area (Å²) < 4.78 is 5.05. The summed E-state index contributed by atoms with van der Waals surface area (Å²) in [4.78, 5) is 23.9. The molecule has 2 fully saturated rings. The zero-order chi connectivity index (χ0) is 14.1. The number of methoxy groups -OCH3 is 1. The van der Waals surface area contributed by atoms with Gasteiger partial charge >= 0.3 is 0 Å². The number of Topliss-reactive ketones (excluding diaryl/α,β-unsaturated/α-hetero) is 1. The Morgan fingerprint density at radius 1 is 1.25 bits per heavy atom. The number of ketones is 1. The maximum absolute atomic E-state index is 12.0. The summed E-state index contributed by atoms with van der Waals surface area (Å²) in [6, 6.07) is 6.94. The van der Waals surface area contributed by atoms with Gasteiger partial charge in [-0.3, -0.25) is 9.59 Å². The molecule has 1 N–H and O–H groups in total. The number of carbonyl (C=O) groups excluding carboxylic acids is 2. The Morgan fingerprint density at radius 3 is 2.55 bits per heavy atom. The van der Waals surface area contributed by atoms with Crippen molar-refractivity contribution < 1.29 is 14.3 Å². The third kappa shape index (κ3) is 2.84. The van der Waals surface area contributed by atoms with Crippen molar-refractivity contribution >= 4 is 11.7 Å². The summed E-state index contributed by atoms with van der Waals surface area (Å²) in [6.45, 7) is 0.0824. The zero-order valence-corrected chi connectivity index (χ0v) is 11.6. The van der Waals surface area contributed by atoms with E-state index in [2.05, 4.69) is 5.32 Å². The van der Waals surface area contributed by atoms with E-state index in [9.17, 15) is 9.59 Å². The molecule has 1 amide bonds. The van der Waals surface area contributed by atoms with Crippen molar-refractivity contribution in [1.29, 1.82) is 0 Å².